The molecular formula is C21H27N7O2. The summed E-state index contributed by atoms with van der Waals surface area (Å²) in [7, 11) is 1.69. The number of hydrogen-bond acceptors (Lipinski definition) is 8. The summed E-state index contributed by atoms with van der Waals surface area (Å²) in [5.41, 5.74) is 6.92. The lowest BCUT2D eigenvalue weighted by molar-refractivity contribution is -0.115. The summed E-state index contributed by atoms with van der Waals surface area (Å²) in [6.07, 6.45) is 2.43. The van der Waals surface area contributed by atoms with Gasteiger partial charge < -0.3 is 21.1 Å². The highest BCUT2D eigenvalue weighted by Gasteiger charge is 2.14. The minimum Gasteiger partial charge on any atom is -0.459 e. The number of para-hydroxylation sites is 1. The Morgan fingerprint density at radius 3 is 2.67 bits per heavy atom. The number of azo groups is 1. The van der Waals surface area contributed by atoms with Crippen LogP contribution in [0.15, 0.2) is 59.0 Å². The molecule has 9 heteroatoms. The predicted molar refractivity (Wildman–Crippen MR) is 117 cm³/mol. The van der Waals surface area contributed by atoms with Gasteiger partial charge >= 0.3 is 0 Å². The molecule has 9 nitrogen and oxygen atoms in total. The van der Waals surface area contributed by atoms with E-state index in [-0.39, 0.29) is 18.3 Å². The fourth-order valence-electron chi connectivity index (χ4n) is 3.08. The lowest BCUT2D eigenvalue weighted by Crippen LogP contribution is -2.25. The number of nitrogens with one attached hydrogen (secondary N) is 2. The van der Waals surface area contributed by atoms with Gasteiger partial charge in [-0.25, -0.2) is 4.98 Å². The molecule has 1 aliphatic rings. The molecule has 0 radical (unpaired) electrons. The molecule has 2 heterocycles. The van der Waals surface area contributed by atoms with Crippen LogP contribution in [-0.4, -0.2) is 49.0 Å². The van der Waals surface area contributed by atoms with Crippen molar-refractivity contribution in [2.24, 2.45) is 10.2 Å². The first-order valence-electron chi connectivity index (χ1n) is 9.85. The molecular weight excluding hydrogens is 382 g/mol. The summed E-state index contributed by atoms with van der Waals surface area (Å²) < 4.78 is 5.92. The van der Waals surface area contributed by atoms with Crippen LogP contribution in [0.1, 0.15) is 12.8 Å². The molecule has 1 aliphatic heterocycles. The van der Waals surface area contributed by atoms with Gasteiger partial charge in [-0.15, -0.1) is 10.2 Å². The summed E-state index contributed by atoms with van der Waals surface area (Å²) in [6.45, 7) is 7.05. The predicted octanol–water partition coefficient (Wildman–Crippen LogP) is 3.23. The molecule has 0 spiro atoms. The second-order valence-electron chi connectivity index (χ2n) is 6.97. The Morgan fingerprint density at radius 1 is 1.20 bits per heavy atom. The van der Waals surface area contributed by atoms with Crippen molar-refractivity contribution in [2.45, 2.75) is 12.8 Å². The Labute approximate surface area is 176 Å². The number of carbonyl (C=O) groups is 1. The highest BCUT2D eigenvalue weighted by atomic mass is 16.5. The van der Waals surface area contributed by atoms with Gasteiger partial charge in [0.25, 0.3) is 0 Å². The normalized spacial score (nSPS) is 14.2. The van der Waals surface area contributed by atoms with Crippen LogP contribution in [0.25, 0.3) is 0 Å². The van der Waals surface area contributed by atoms with Gasteiger partial charge in [-0.05, 0) is 57.2 Å². The topological polar surface area (TPSA) is 117 Å². The van der Waals surface area contributed by atoms with E-state index in [2.05, 4.69) is 37.3 Å². The van der Waals surface area contributed by atoms with Crippen molar-refractivity contribution >= 4 is 28.9 Å². The molecule has 1 aromatic carbocycles. The number of benzene rings is 1. The molecule has 1 aromatic heterocycles. The third-order valence-electron chi connectivity index (χ3n) is 4.49. The largest absolute Gasteiger partial charge is 0.459 e. The lowest BCUT2D eigenvalue weighted by Gasteiger charge is -2.17. The zero-order chi connectivity index (χ0) is 21.3. The first kappa shape index (κ1) is 21.4. The van der Waals surface area contributed by atoms with E-state index >= 15 is 0 Å². The Kier molecular flexibility index (Phi) is 7.47. The fourth-order valence-corrected chi connectivity index (χ4v) is 3.08. The minimum absolute atomic E-state index is 0.165. The van der Waals surface area contributed by atoms with Gasteiger partial charge in [0.2, 0.25) is 5.91 Å². The molecule has 1 amide bonds. The number of amides is 1. The van der Waals surface area contributed by atoms with Gasteiger partial charge in [0.05, 0.1) is 13.1 Å². The number of pyridine rings is 1. The molecule has 0 unspecified atom stereocenters. The number of hydrogen-bond donors (Lipinski definition) is 3. The summed E-state index contributed by atoms with van der Waals surface area (Å²) in [6, 6.07) is 10.6. The van der Waals surface area contributed by atoms with Crippen molar-refractivity contribution in [3.8, 4) is 5.75 Å². The van der Waals surface area contributed by atoms with Crippen molar-refractivity contribution in [3.63, 3.8) is 0 Å². The zero-order valence-corrected chi connectivity index (χ0v) is 17.1. The number of likely N-dealkylation sites (tertiary alicyclic amines) is 1. The summed E-state index contributed by atoms with van der Waals surface area (Å²) in [4.78, 5) is 18.1. The monoisotopic (exact) mass is 409 g/mol. The van der Waals surface area contributed by atoms with E-state index in [1.165, 1.54) is 12.8 Å². The van der Waals surface area contributed by atoms with Gasteiger partial charge in [-0.2, -0.15) is 0 Å². The van der Waals surface area contributed by atoms with Gasteiger partial charge in [0.15, 0.2) is 11.6 Å². The van der Waals surface area contributed by atoms with Crippen molar-refractivity contribution in [1.82, 2.24) is 15.2 Å². The van der Waals surface area contributed by atoms with Gasteiger partial charge in [-0.3, -0.25) is 9.69 Å². The first-order valence-corrected chi connectivity index (χ1v) is 9.85. The maximum Gasteiger partial charge on any atom is 0.239 e. The highest BCUT2D eigenvalue weighted by molar-refractivity contribution is 5.91. The standard InChI is InChI=1S/C21H27N7O2/c1-15(14-28-11-5-6-12-28)30-18-8-4-3-7-16(18)26-27-17-9-10-19(25-21(17)22)24-20(29)13-23-2/h3-4,7-10,23H,1,5-6,11-14H2,2H3,(H3,22,24,25,29). The zero-order valence-electron chi connectivity index (χ0n) is 17.1. The number of aromatic nitrogens is 1. The summed E-state index contributed by atoms with van der Waals surface area (Å²) >= 11 is 0. The highest BCUT2D eigenvalue weighted by Crippen LogP contribution is 2.31. The van der Waals surface area contributed by atoms with Crippen molar-refractivity contribution in [1.29, 1.82) is 0 Å². The number of nitrogen functional groups attached to an aromatic ring is 1. The average Bonchev–Trinajstić information content (AvgIpc) is 3.21. The van der Waals surface area contributed by atoms with Crippen molar-refractivity contribution in [3.05, 3.63) is 48.7 Å². The first-order chi connectivity index (χ1) is 14.5. The second-order valence-corrected chi connectivity index (χ2v) is 6.97. The molecule has 2 aromatic rings. The second kappa shape index (κ2) is 10.5. The number of nitrogens with two attached hydrogens (primary N) is 1. The molecule has 0 bridgehead atoms. The lowest BCUT2D eigenvalue weighted by atomic mass is 10.3. The molecule has 1 saturated heterocycles. The van der Waals surface area contributed by atoms with E-state index < -0.39 is 0 Å². The molecule has 30 heavy (non-hydrogen) atoms. The number of rotatable bonds is 9. The van der Waals surface area contributed by atoms with Crippen LogP contribution in [0.2, 0.25) is 0 Å². The van der Waals surface area contributed by atoms with Crippen LogP contribution >= 0.6 is 0 Å². The molecule has 4 N–H and O–H groups in total. The fraction of sp³-hybridized carbons (Fsp3) is 0.333. The molecule has 0 atom stereocenters. The van der Waals surface area contributed by atoms with Crippen LogP contribution in [-0.2, 0) is 4.79 Å². The Morgan fingerprint density at radius 2 is 1.93 bits per heavy atom. The Balaban J connectivity index is 1.67. The number of nitrogens with zero attached hydrogens (tertiary/aromatic N) is 4. The molecule has 0 saturated carbocycles. The van der Waals surface area contributed by atoms with Crippen LogP contribution in [0.5, 0.6) is 5.75 Å². The van der Waals surface area contributed by atoms with E-state index in [1.807, 2.05) is 18.2 Å². The van der Waals surface area contributed by atoms with Gasteiger partial charge in [0, 0.05) is 0 Å². The Hall–Kier alpha value is -3.30. The molecule has 0 aliphatic carbocycles. The molecule has 1 fully saturated rings. The van der Waals surface area contributed by atoms with Crippen LogP contribution in [0.4, 0.5) is 23.0 Å². The maximum atomic E-state index is 11.6. The summed E-state index contributed by atoms with van der Waals surface area (Å²) in [5.74, 6) is 1.56. The number of likely N-dealkylation sites (N-methyl/N-ethyl adjacent to an activating group) is 1. The van der Waals surface area contributed by atoms with Gasteiger partial charge in [-0.1, -0.05) is 18.7 Å². The van der Waals surface area contributed by atoms with E-state index in [0.717, 1.165) is 13.1 Å². The maximum absolute atomic E-state index is 11.6. The SMILES string of the molecule is C=C(CN1CCCC1)Oc1ccccc1N=Nc1ccc(NC(=O)CNC)nc1N. The third kappa shape index (κ3) is 6.10. The number of ether oxygens (including phenoxy) is 1. The average molecular weight is 409 g/mol. The van der Waals surface area contributed by atoms with E-state index in [9.17, 15) is 4.79 Å². The van der Waals surface area contributed by atoms with E-state index in [1.54, 1.807) is 25.2 Å². The number of anilines is 2. The van der Waals surface area contributed by atoms with Crippen LogP contribution < -0.4 is 21.1 Å². The van der Waals surface area contributed by atoms with Crippen molar-refractivity contribution in [2.75, 3.05) is 44.3 Å². The molecule has 158 valence electrons. The van der Waals surface area contributed by atoms with Crippen LogP contribution in [0.3, 0.4) is 0 Å². The van der Waals surface area contributed by atoms with Crippen molar-refractivity contribution < 1.29 is 9.53 Å². The number of carbonyl (C=O) groups excluding carboxylic acids is 1. The Bertz CT molecular complexity index is 923. The summed E-state index contributed by atoms with van der Waals surface area (Å²) in [5, 5.41) is 13.9. The minimum atomic E-state index is -0.209. The van der Waals surface area contributed by atoms with E-state index in [4.69, 9.17) is 10.5 Å². The van der Waals surface area contributed by atoms with Gasteiger partial charge in [0.1, 0.15) is 23.0 Å². The van der Waals surface area contributed by atoms with E-state index in [0.29, 0.717) is 35.2 Å². The molecule has 3 rings (SSSR count). The quantitative estimate of drug-likeness (QED) is 0.432. The third-order valence-corrected chi connectivity index (χ3v) is 4.49. The van der Waals surface area contributed by atoms with Crippen LogP contribution in [0, 0.1) is 0 Å². The smallest absolute Gasteiger partial charge is 0.239 e.